The number of sulfonamides is 1. The number of halogens is 3. The Morgan fingerprint density at radius 1 is 1.25 bits per heavy atom. The van der Waals surface area contributed by atoms with Gasteiger partial charge in [0.05, 0.1) is 24.6 Å². The van der Waals surface area contributed by atoms with Crippen molar-refractivity contribution in [3.63, 3.8) is 0 Å². The molecule has 1 aliphatic heterocycles. The molecule has 32 heavy (non-hydrogen) atoms. The van der Waals surface area contributed by atoms with Crippen molar-refractivity contribution in [2.75, 3.05) is 19.7 Å². The molecular weight excluding hydrogens is 455 g/mol. The van der Waals surface area contributed by atoms with Gasteiger partial charge in [-0.15, -0.1) is 6.57 Å². The molecule has 2 N–H and O–H groups in total. The fourth-order valence-corrected chi connectivity index (χ4v) is 4.65. The molecule has 0 spiro atoms. The molecule has 2 atom stereocenters. The highest BCUT2D eigenvalue weighted by molar-refractivity contribution is 7.89. The van der Waals surface area contributed by atoms with Gasteiger partial charge in [0.15, 0.2) is 5.75 Å². The molecule has 1 aromatic carbocycles. The molecule has 168 valence electrons. The number of nitrogens with zero attached hydrogens (tertiary/aromatic N) is 5. The third-order valence-electron chi connectivity index (χ3n) is 4.71. The molecule has 2 heterocycles. The van der Waals surface area contributed by atoms with E-state index in [-0.39, 0.29) is 11.7 Å². The molecule has 0 saturated carbocycles. The van der Waals surface area contributed by atoms with Gasteiger partial charge in [0.1, 0.15) is 24.1 Å². The minimum atomic E-state index is -4.77. The Balaban J connectivity index is 1.92. The quantitative estimate of drug-likeness (QED) is 0.640. The number of aliphatic hydroxyl groups is 2. The number of aromatic nitrogens is 2. The topological polar surface area (TPSA) is 122 Å². The molecule has 0 unspecified atom stereocenters. The van der Waals surface area contributed by atoms with Crippen LogP contribution < -0.4 is 4.74 Å². The lowest BCUT2D eigenvalue weighted by Gasteiger charge is -2.26. The van der Waals surface area contributed by atoms with E-state index in [1.807, 2.05) is 0 Å². The fraction of sp³-hybridized carbons (Fsp3) is 0.333. The van der Waals surface area contributed by atoms with E-state index in [2.05, 4.69) is 19.7 Å². The molecule has 1 fully saturated rings. The van der Waals surface area contributed by atoms with Crippen LogP contribution in [0.15, 0.2) is 35.5 Å². The lowest BCUT2D eigenvalue weighted by molar-refractivity contribution is -0.137. The van der Waals surface area contributed by atoms with E-state index < -0.39 is 63.7 Å². The molecular formula is C18H14F3N5O5S. The van der Waals surface area contributed by atoms with Gasteiger partial charge < -0.3 is 19.8 Å². The molecule has 10 nitrogen and oxygen atoms in total. The van der Waals surface area contributed by atoms with Crippen LogP contribution in [0, 0.1) is 13.1 Å². The van der Waals surface area contributed by atoms with Crippen LogP contribution in [0.5, 0.6) is 5.75 Å². The average Bonchev–Trinajstić information content (AvgIpc) is 3.10. The molecule has 0 aliphatic carbocycles. The molecule has 1 aliphatic rings. The summed E-state index contributed by atoms with van der Waals surface area (Å²) >= 11 is 0. The summed E-state index contributed by atoms with van der Waals surface area (Å²) in [6, 6.07) is 1.65. The van der Waals surface area contributed by atoms with Gasteiger partial charge in [-0.3, -0.25) is 0 Å². The van der Waals surface area contributed by atoms with Gasteiger partial charge in [-0.25, -0.2) is 13.3 Å². The number of hydrogen-bond acceptors (Lipinski definition) is 7. The SMILES string of the molecule is [C-]#[N+]c1ncc(O[C@H]2CN(S(=O)(=O)c3ccc(C(F)(F)F)cc3[N+]#[C-])C[C@@]2(O)CO)cn1. The Bertz CT molecular complexity index is 1210. The summed E-state index contributed by atoms with van der Waals surface area (Å²) in [6.45, 7) is 11.9. The standard InChI is InChI=1S/C18H14F3N5O5S/c1-22-13-5-11(18(19,20)21)3-4-14(13)32(29,30)26-8-15(17(28,9-26)10-27)31-12-6-24-16(23-2)25-7-12/h3-7,15,27-28H,8-10H2/t15-,17+/m0/s1. The van der Waals surface area contributed by atoms with Gasteiger partial charge in [0, 0.05) is 12.1 Å². The largest absolute Gasteiger partial charge is 0.480 e. The predicted octanol–water partition coefficient (Wildman–Crippen LogP) is 1.77. The highest BCUT2D eigenvalue weighted by Gasteiger charge is 2.51. The summed E-state index contributed by atoms with van der Waals surface area (Å²) in [5, 5.41) is 20.3. The van der Waals surface area contributed by atoms with E-state index in [1.54, 1.807) is 0 Å². The van der Waals surface area contributed by atoms with Crippen LogP contribution in [0.25, 0.3) is 9.69 Å². The van der Waals surface area contributed by atoms with Gasteiger partial charge in [-0.2, -0.15) is 27.4 Å². The summed E-state index contributed by atoms with van der Waals surface area (Å²) in [7, 11) is -4.53. The van der Waals surface area contributed by atoms with Gasteiger partial charge in [-0.05, 0) is 6.07 Å². The Kier molecular flexibility index (Phi) is 6.08. The molecule has 2 aromatic rings. The fourth-order valence-electron chi connectivity index (χ4n) is 3.04. The number of benzene rings is 1. The number of ether oxygens (including phenoxy) is 1. The Morgan fingerprint density at radius 2 is 1.91 bits per heavy atom. The summed E-state index contributed by atoms with van der Waals surface area (Å²) < 4.78 is 71.1. The van der Waals surface area contributed by atoms with Gasteiger partial charge in [0.25, 0.3) is 0 Å². The lowest BCUT2D eigenvalue weighted by atomic mass is 10.0. The van der Waals surface area contributed by atoms with Crippen molar-refractivity contribution in [3.05, 3.63) is 59.0 Å². The second-order valence-corrected chi connectivity index (χ2v) is 8.69. The normalized spacial score (nSPS) is 21.7. The van der Waals surface area contributed by atoms with Gasteiger partial charge >= 0.3 is 12.1 Å². The molecule has 0 bridgehead atoms. The minimum absolute atomic E-state index is 0.00935. The lowest BCUT2D eigenvalue weighted by Crippen LogP contribution is -2.48. The van der Waals surface area contributed by atoms with E-state index in [0.717, 1.165) is 12.4 Å². The molecule has 14 heteroatoms. The first kappa shape index (κ1) is 23.4. The Hall–Kier alpha value is -3.30. The summed E-state index contributed by atoms with van der Waals surface area (Å²) in [6.07, 6.45) is -3.81. The average molecular weight is 469 g/mol. The first-order chi connectivity index (χ1) is 14.9. The number of β-amino-alcohol motifs (C(OH)–C–C–N with tert-alkyl or cyclic N) is 1. The Labute approximate surface area is 180 Å². The smallest absolute Gasteiger partial charge is 0.415 e. The third kappa shape index (κ3) is 4.35. The number of rotatable bonds is 5. The zero-order valence-electron chi connectivity index (χ0n) is 16.0. The van der Waals surface area contributed by atoms with Crippen molar-refractivity contribution in [1.29, 1.82) is 0 Å². The first-order valence-electron chi connectivity index (χ1n) is 8.73. The zero-order valence-corrected chi connectivity index (χ0v) is 16.8. The molecule has 1 saturated heterocycles. The van der Waals surface area contributed by atoms with Crippen molar-refractivity contribution in [2.45, 2.75) is 22.8 Å². The van der Waals surface area contributed by atoms with Crippen molar-refractivity contribution < 1.29 is 36.5 Å². The van der Waals surface area contributed by atoms with Crippen molar-refractivity contribution >= 4 is 21.7 Å². The van der Waals surface area contributed by atoms with Crippen LogP contribution in [-0.2, 0) is 16.2 Å². The minimum Gasteiger partial charge on any atom is -0.480 e. The monoisotopic (exact) mass is 469 g/mol. The third-order valence-corrected chi connectivity index (χ3v) is 6.57. The van der Waals surface area contributed by atoms with Gasteiger partial charge in [-0.1, -0.05) is 12.1 Å². The molecule has 3 rings (SSSR count). The van der Waals surface area contributed by atoms with Crippen LogP contribution in [0.4, 0.5) is 24.8 Å². The maximum absolute atomic E-state index is 13.1. The maximum atomic E-state index is 13.1. The second-order valence-electron chi connectivity index (χ2n) is 6.79. The van der Waals surface area contributed by atoms with Crippen LogP contribution in [0.1, 0.15) is 5.56 Å². The van der Waals surface area contributed by atoms with Crippen LogP contribution in [-0.4, -0.2) is 64.3 Å². The maximum Gasteiger partial charge on any atom is 0.415 e. The highest BCUT2D eigenvalue weighted by atomic mass is 32.2. The number of hydrogen-bond donors (Lipinski definition) is 2. The first-order valence-corrected chi connectivity index (χ1v) is 10.2. The summed E-state index contributed by atoms with van der Waals surface area (Å²) in [4.78, 5) is 12.6. The van der Waals surface area contributed by atoms with Crippen LogP contribution in [0.3, 0.4) is 0 Å². The second kappa shape index (κ2) is 8.33. The number of aliphatic hydroxyl groups excluding tert-OH is 1. The van der Waals surface area contributed by atoms with E-state index in [0.29, 0.717) is 22.5 Å². The van der Waals surface area contributed by atoms with E-state index in [1.165, 1.54) is 0 Å². The van der Waals surface area contributed by atoms with E-state index in [4.69, 9.17) is 17.9 Å². The summed E-state index contributed by atoms with van der Waals surface area (Å²) in [5.41, 5.74) is -3.98. The van der Waals surface area contributed by atoms with Crippen molar-refractivity contribution in [1.82, 2.24) is 14.3 Å². The van der Waals surface area contributed by atoms with Crippen LogP contribution >= 0.6 is 0 Å². The van der Waals surface area contributed by atoms with E-state index >= 15 is 0 Å². The van der Waals surface area contributed by atoms with Crippen molar-refractivity contribution in [2.24, 2.45) is 0 Å². The Morgan fingerprint density at radius 3 is 2.44 bits per heavy atom. The van der Waals surface area contributed by atoms with Crippen LogP contribution in [0.2, 0.25) is 0 Å². The number of alkyl halides is 3. The van der Waals surface area contributed by atoms with Crippen molar-refractivity contribution in [3.8, 4) is 5.75 Å². The highest BCUT2D eigenvalue weighted by Crippen LogP contribution is 2.37. The van der Waals surface area contributed by atoms with Gasteiger partial charge in [0.2, 0.25) is 15.7 Å². The summed E-state index contributed by atoms with van der Waals surface area (Å²) in [5.74, 6) is -0.177. The molecule has 0 amide bonds. The predicted molar refractivity (Wildman–Crippen MR) is 101 cm³/mol. The van der Waals surface area contributed by atoms with E-state index in [9.17, 15) is 31.8 Å². The molecule has 0 radical (unpaired) electrons. The molecule has 1 aromatic heterocycles. The zero-order chi connectivity index (χ0) is 23.7.